The Hall–Kier alpha value is -2.67. The van der Waals surface area contributed by atoms with Gasteiger partial charge in [-0.15, -0.1) is 10.2 Å². The number of rotatable bonds is 2. The molecule has 114 valence electrons. The van der Waals surface area contributed by atoms with Gasteiger partial charge in [-0.25, -0.2) is 0 Å². The van der Waals surface area contributed by atoms with E-state index < -0.39 is 0 Å². The highest BCUT2D eigenvalue weighted by Gasteiger charge is 2.25. The summed E-state index contributed by atoms with van der Waals surface area (Å²) < 4.78 is 6.10. The van der Waals surface area contributed by atoms with Gasteiger partial charge in [-0.05, 0) is 24.5 Å². The van der Waals surface area contributed by atoms with Gasteiger partial charge in [0.05, 0.1) is 0 Å². The van der Waals surface area contributed by atoms with E-state index in [1.54, 1.807) is 12.4 Å². The smallest absolute Gasteiger partial charge is 0.247 e. The molecule has 0 amide bonds. The van der Waals surface area contributed by atoms with Crippen LogP contribution in [0.5, 0.6) is 5.88 Å². The van der Waals surface area contributed by atoms with Crippen molar-refractivity contribution in [3.05, 3.63) is 54.4 Å². The van der Waals surface area contributed by atoms with Crippen molar-refractivity contribution in [3.8, 4) is 17.1 Å². The second-order valence-electron chi connectivity index (χ2n) is 4.92. The van der Waals surface area contributed by atoms with Crippen LogP contribution >= 0.6 is 11.8 Å². The highest BCUT2D eigenvalue weighted by atomic mass is 32.2. The molecule has 0 fully saturated rings. The van der Waals surface area contributed by atoms with Gasteiger partial charge >= 0.3 is 0 Å². The van der Waals surface area contributed by atoms with Crippen LogP contribution in [0.3, 0.4) is 0 Å². The molecule has 2 aromatic heterocycles. The molecule has 4 rings (SSSR count). The Morgan fingerprint density at radius 2 is 1.91 bits per heavy atom. The second kappa shape index (κ2) is 5.85. The highest BCUT2D eigenvalue weighted by Crippen LogP contribution is 2.39. The molecule has 6 nitrogen and oxygen atoms in total. The van der Waals surface area contributed by atoms with E-state index in [-0.39, 0.29) is 6.23 Å². The van der Waals surface area contributed by atoms with Gasteiger partial charge in [-0.1, -0.05) is 30.0 Å². The molecule has 1 N–H and O–H groups in total. The minimum absolute atomic E-state index is 0.369. The van der Waals surface area contributed by atoms with Gasteiger partial charge in [-0.2, -0.15) is 4.98 Å². The lowest BCUT2D eigenvalue weighted by molar-refractivity contribution is 0.225. The Labute approximate surface area is 137 Å². The number of ether oxygens (including phenoxy) is 1. The van der Waals surface area contributed by atoms with Crippen molar-refractivity contribution >= 4 is 17.4 Å². The molecule has 1 aliphatic heterocycles. The molecule has 0 radical (unpaired) electrons. The zero-order valence-corrected chi connectivity index (χ0v) is 13.1. The Morgan fingerprint density at radius 1 is 1.09 bits per heavy atom. The third-order valence-corrected chi connectivity index (χ3v) is 4.06. The van der Waals surface area contributed by atoms with Crippen LogP contribution in [0.25, 0.3) is 11.3 Å². The topological polar surface area (TPSA) is 72.8 Å². The van der Waals surface area contributed by atoms with E-state index in [0.717, 1.165) is 16.8 Å². The summed E-state index contributed by atoms with van der Waals surface area (Å²) in [4.78, 5) is 8.53. The number of anilines is 1. The summed E-state index contributed by atoms with van der Waals surface area (Å²) in [5.74, 6) is 0.476. The van der Waals surface area contributed by atoms with E-state index in [1.807, 2.05) is 42.7 Å². The minimum atomic E-state index is -0.369. The summed E-state index contributed by atoms with van der Waals surface area (Å²) in [6.07, 6.45) is 5.02. The number of nitrogens with zero attached hydrogens (tertiary/aromatic N) is 4. The molecule has 1 aromatic carbocycles. The predicted molar refractivity (Wildman–Crippen MR) is 88.3 cm³/mol. The maximum Gasteiger partial charge on any atom is 0.247 e. The lowest BCUT2D eigenvalue weighted by Crippen LogP contribution is -2.17. The van der Waals surface area contributed by atoms with Crippen LogP contribution in [0, 0.1) is 0 Å². The van der Waals surface area contributed by atoms with Crippen LogP contribution in [-0.4, -0.2) is 26.4 Å². The van der Waals surface area contributed by atoms with Gasteiger partial charge in [0.2, 0.25) is 11.0 Å². The van der Waals surface area contributed by atoms with E-state index in [2.05, 4.69) is 25.5 Å². The summed E-state index contributed by atoms with van der Waals surface area (Å²) >= 11 is 1.43. The third kappa shape index (κ3) is 2.59. The van der Waals surface area contributed by atoms with Crippen LogP contribution in [-0.2, 0) is 0 Å². The Bertz CT molecular complexity index is 843. The van der Waals surface area contributed by atoms with E-state index >= 15 is 0 Å². The molecule has 0 unspecified atom stereocenters. The van der Waals surface area contributed by atoms with Crippen LogP contribution < -0.4 is 10.1 Å². The number of pyridine rings is 1. The maximum atomic E-state index is 6.10. The number of fused-ring (bicyclic) bond motifs is 3. The van der Waals surface area contributed by atoms with Crippen molar-refractivity contribution in [1.82, 2.24) is 20.2 Å². The third-order valence-electron chi connectivity index (χ3n) is 3.53. The van der Waals surface area contributed by atoms with Crippen LogP contribution in [0.1, 0.15) is 11.8 Å². The lowest BCUT2D eigenvalue weighted by Gasteiger charge is -2.18. The first kappa shape index (κ1) is 14.0. The van der Waals surface area contributed by atoms with Gasteiger partial charge in [-0.3, -0.25) is 4.98 Å². The first-order valence-corrected chi connectivity index (χ1v) is 8.29. The molecule has 0 saturated carbocycles. The standard InChI is InChI=1S/C16H13N5OS/c1-23-16-19-15-13(20-21-16)11-4-2-3-5-12(11)18-14(22-15)10-6-8-17-9-7-10/h2-9,14,18H,1H3/t14-/m1/s1. The average molecular weight is 323 g/mol. The molecule has 1 aliphatic rings. The number of benzene rings is 1. The molecule has 23 heavy (non-hydrogen) atoms. The number of nitrogens with one attached hydrogen (secondary N) is 1. The number of hydrogen-bond donors (Lipinski definition) is 1. The monoisotopic (exact) mass is 323 g/mol. The van der Waals surface area contributed by atoms with Crippen molar-refractivity contribution in [3.63, 3.8) is 0 Å². The highest BCUT2D eigenvalue weighted by molar-refractivity contribution is 7.98. The molecular formula is C16H13N5OS. The fourth-order valence-electron chi connectivity index (χ4n) is 2.42. The Balaban J connectivity index is 1.87. The van der Waals surface area contributed by atoms with Gasteiger partial charge in [0.25, 0.3) is 0 Å². The van der Waals surface area contributed by atoms with Gasteiger partial charge < -0.3 is 10.1 Å². The fraction of sp³-hybridized carbons (Fsp3) is 0.125. The largest absolute Gasteiger partial charge is 0.448 e. The summed E-state index contributed by atoms with van der Waals surface area (Å²) in [6, 6.07) is 11.7. The summed E-state index contributed by atoms with van der Waals surface area (Å²) in [5, 5.41) is 12.4. The Morgan fingerprint density at radius 3 is 2.74 bits per heavy atom. The number of aromatic nitrogens is 4. The van der Waals surface area contributed by atoms with Gasteiger partial charge in [0.1, 0.15) is 0 Å². The molecule has 7 heteroatoms. The van der Waals surface area contributed by atoms with Gasteiger partial charge in [0, 0.05) is 29.2 Å². The Kier molecular flexibility index (Phi) is 3.55. The normalized spacial score (nSPS) is 15.6. The van der Waals surface area contributed by atoms with Crippen LogP contribution in [0.15, 0.2) is 53.9 Å². The number of hydrogen-bond acceptors (Lipinski definition) is 7. The first-order chi connectivity index (χ1) is 11.3. The zero-order valence-electron chi connectivity index (χ0n) is 12.3. The zero-order chi connectivity index (χ0) is 15.6. The average Bonchev–Trinajstić information content (AvgIpc) is 2.78. The summed E-state index contributed by atoms with van der Waals surface area (Å²) in [6.45, 7) is 0. The molecule has 0 bridgehead atoms. The van der Waals surface area contributed by atoms with Gasteiger partial charge in [0.15, 0.2) is 11.9 Å². The predicted octanol–water partition coefficient (Wildman–Crippen LogP) is 3.16. The lowest BCUT2D eigenvalue weighted by atomic mass is 10.1. The number of para-hydroxylation sites is 1. The second-order valence-corrected chi connectivity index (χ2v) is 5.69. The molecular weight excluding hydrogens is 310 g/mol. The first-order valence-electron chi connectivity index (χ1n) is 7.06. The van der Waals surface area contributed by atoms with E-state index in [4.69, 9.17) is 4.74 Å². The quantitative estimate of drug-likeness (QED) is 0.726. The van der Waals surface area contributed by atoms with E-state index in [0.29, 0.717) is 16.7 Å². The molecule has 0 aliphatic carbocycles. The van der Waals surface area contributed by atoms with E-state index in [9.17, 15) is 0 Å². The van der Waals surface area contributed by atoms with Crippen molar-refractivity contribution < 1.29 is 4.74 Å². The van der Waals surface area contributed by atoms with E-state index in [1.165, 1.54) is 11.8 Å². The molecule has 1 atom stereocenters. The summed E-state index contributed by atoms with van der Waals surface area (Å²) in [7, 11) is 0. The maximum absolute atomic E-state index is 6.10. The molecule has 0 saturated heterocycles. The van der Waals surface area contributed by atoms with Crippen molar-refractivity contribution in [2.45, 2.75) is 11.4 Å². The molecule has 0 spiro atoms. The fourth-order valence-corrected chi connectivity index (χ4v) is 2.72. The molecule has 3 heterocycles. The van der Waals surface area contributed by atoms with Crippen LogP contribution in [0.2, 0.25) is 0 Å². The van der Waals surface area contributed by atoms with Crippen molar-refractivity contribution in [2.24, 2.45) is 0 Å². The summed E-state index contributed by atoms with van der Waals surface area (Å²) in [5.41, 5.74) is 3.46. The van der Waals surface area contributed by atoms with Crippen LogP contribution in [0.4, 0.5) is 5.69 Å². The van der Waals surface area contributed by atoms with Crippen molar-refractivity contribution in [2.75, 3.05) is 11.6 Å². The minimum Gasteiger partial charge on any atom is -0.448 e. The molecule has 3 aromatic rings. The number of thioether (sulfide) groups is 1. The SMILES string of the molecule is CSc1nnc2c(n1)O[C@H](c1ccncc1)Nc1ccccc1-2. The van der Waals surface area contributed by atoms with Crippen molar-refractivity contribution in [1.29, 1.82) is 0 Å².